The minimum absolute atomic E-state index is 0.108. The highest BCUT2D eigenvalue weighted by Gasteiger charge is 2.50. The number of benzene rings is 2. The number of hydrogen-bond donors (Lipinski definition) is 0. The fourth-order valence-corrected chi connectivity index (χ4v) is 5.25. The summed E-state index contributed by atoms with van der Waals surface area (Å²) < 4.78 is 4.08. The van der Waals surface area contributed by atoms with Gasteiger partial charge in [0.15, 0.2) is 4.75 Å². The average Bonchev–Trinajstić information content (AvgIpc) is 2.77. The van der Waals surface area contributed by atoms with Crippen molar-refractivity contribution in [1.29, 1.82) is 0 Å². The summed E-state index contributed by atoms with van der Waals surface area (Å²) in [5.41, 5.74) is 1.97. The van der Waals surface area contributed by atoms with Crippen LogP contribution >= 0.6 is 11.8 Å². The minimum Gasteiger partial charge on any atom is -0.497 e. The topological polar surface area (TPSA) is 53.1 Å². The van der Waals surface area contributed by atoms with Crippen molar-refractivity contribution in [2.24, 2.45) is 0 Å². The molecule has 0 N–H and O–H groups in total. The van der Waals surface area contributed by atoms with E-state index >= 15 is 0 Å². The summed E-state index contributed by atoms with van der Waals surface area (Å²) in [6.45, 7) is 4.42. The number of hydrogen-bond acceptors (Lipinski definition) is 5. The van der Waals surface area contributed by atoms with Crippen LogP contribution in [0.15, 0.2) is 53.4 Å². The van der Waals surface area contributed by atoms with Crippen LogP contribution in [-0.2, 0) is 9.59 Å². The lowest BCUT2D eigenvalue weighted by atomic mass is 10.1. The molecule has 2 aliphatic heterocycles. The normalized spacial score (nSPS) is 21.8. The lowest BCUT2D eigenvalue weighted by Gasteiger charge is -2.42. The van der Waals surface area contributed by atoms with Crippen LogP contribution in [0.5, 0.6) is 5.75 Å². The van der Waals surface area contributed by atoms with Crippen LogP contribution in [-0.4, -0.2) is 61.8 Å². The second-order valence-electron chi connectivity index (χ2n) is 7.44. The standard InChI is InChI=1S/C22H25N3O3S/c1-22(20(26)23(2)18-6-4-5-7-19(18)29-22)21(27)25-14-12-24(13-15-25)16-8-10-17(28-3)11-9-16/h4-11H,12-15H2,1-3H3. The van der Waals surface area contributed by atoms with Crippen molar-refractivity contribution in [3.05, 3.63) is 48.5 Å². The summed E-state index contributed by atoms with van der Waals surface area (Å²) in [4.78, 5) is 33.1. The third kappa shape index (κ3) is 3.44. The van der Waals surface area contributed by atoms with Gasteiger partial charge in [-0.15, -0.1) is 0 Å². The molecule has 0 spiro atoms. The van der Waals surface area contributed by atoms with E-state index in [0.29, 0.717) is 13.1 Å². The lowest BCUT2D eigenvalue weighted by Crippen LogP contribution is -2.59. The smallest absolute Gasteiger partial charge is 0.252 e. The van der Waals surface area contributed by atoms with Crippen LogP contribution in [0.4, 0.5) is 11.4 Å². The third-order valence-corrected chi connectivity index (χ3v) is 6.99. The van der Waals surface area contributed by atoms with E-state index in [2.05, 4.69) is 4.90 Å². The molecule has 2 aromatic carbocycles. The maximum atomic E-state index is 13.4. The van der Waals surface area contributed by atoms with Crippen LogP contribution in [0, 0.1) is 0 Å². The van der Waals surface area contributed by atoms with Gasteiger partial charge in [-0.25, -0.2) is 0 Å². The van der Waals surface area contributed by atoms with Gasteiger partial charge in [0, 0.05) is 43.8 Å². The number of nitrogens with zero attached hydrogens (tertiary/aromatic N) is 3. The molecule has 0 aromatic heterocycles. The predicted molar refractivity (Wildman–Crippen MR) is 116 cm³/mol. The summed E-state index contributed by atoms with van der Waals surface area (Å²) in [5, 5.41) is 0. The molecule has 1 atom stereocenters. The van der Waals surface area contributed by atoms with Gasteiger partial charge in [0.05, 0.1) is 12.8 Å². The number of ether oxygens (including phenoxy) is 1. The Hall–Kier alpha value is -2.67. The second-order valence-corrected chi connectivity index (χ2v) is 8.90. The van der Waals surface area contributed by atoms with E-state index in [1.54, 1.807) is 26.0 Å². The van der Waals surface area contributed by atoms with Gasteiger partial charge in [-0.05, 0) is 43.3 Å². The first-order valence-corrected chi connectivity index (χ1v) is 10.5. The first kappa shape index (κ1) is 19.6. The number of fused-ring (bicyclic) bond motifs is 1. The van der Waals surface area contributed by atoms with Crippen molar-refractivity contribution in [1.82, 2.24) is 4.90 Å². The van der Waals surface area contributed by atoms with E-state index in [0.717, 1.165) is 35.1 Å². The highest BCUT2D eigenvalue weighted by Crippen LogP contribution is 2.45. The van der Waals surface area contributed by atoms with Crippen molar-refractivity contribution < 1.29 is 14.3 Å². The monoisotopic (exact) mass is 411 g/mol. The van der Waals surface area contributed by atoms with Crippen LogP contribution in [0.3, 0.4) is 0 Å². The van der Waals surface area contributed by atoms with E-state index in [-0.39, 0.29) is 11.8 Å². The van der Waals surface area contributed by atoms with Gasteiger partial charge in [0.25, 0.3) is 5.91 Å². The molecule has 4 rings (SSSR count). The molecule has 1 fully saturated rings. The van der Waals surface area contributed by atoms with Gasteiger partial charge in [-0.1, -0.05) is 23.9 Å². The summed E-state index contributed by atoms with van der Waals surface area (Å²) in [6.07, 6.45) is 0. The van der Waals surface area contributed by atoms with Gasteiger partial charge in [-0.3, -0.25) is 9.59 Å². The molecule has 0 saturated carbocycles. The number of thioether (sulfide) groups is 1. The average molecular weight is 412 g/mol. The third-order valence-electron chi connectivity index (χ3n) is 5.67. The van der Waals surface area contributed by atoms with Crippen molar-refractivity contribution in [3.63, 3.8) is 0 Å². The fraction of sp³-hybridized carbons (Fsp3) is 0.364. The Morgan fingerprint density at radius 2 is 1.69 bits per heavy atom. The number of carbonyl (C=O) groups excluding carboxylic acids is 2. The summed E-state index contributed by atoms with van der Waals surface area (Å²) in [6, 6.07) is 15.7. The molecule has 6 nitrogen and oxygen atoms in total. The number of amides is 2. The number of rotatable bonds is 3. The Kier molecular flexibility index (Phi) is 5.17. The van der Waals surface area contributed by atoms with E-state index < -0.39 is 4.75 Å². The molecule has 0 aliphatic carbocycles. The van der Waals surface area contributed by atoms with Crippen LogP contribution in [0.25, 0.3) is 0 Å². The zero-order valence-electron chi connectivity index (χ0n) is 16.9. The summed E-state index contributed by atoms with van der Waals surface area (Å²) in [5.74, 6) is 0.555. The number of para-hydroxylation sites is 1. The van der Waals surface area contributed by atoms with Gasteiger partial charge in [-0.2, -0.15) is 0 Å². The molecule has 1 unspecified atom stereocenters. The Bertz CT molecular complexity index is 925. The number of anilines is 2. The van der Waals surface area contributed by atoms with Crippen LogP contribution in [0.1, 0.15) is 6.92 Å². The van der Waals surface area contributed by atoms with Crippen molar-refractivity contribution in [2.45, 2.75) is 16.6 Å². The zero-order valence-corrected chi connectivity index (χ0v) is 17.7. The molecule has 29 heavy (non-hydrogen) atoms. The maximum Gasteiger partial charge on any atom is 0.252 e. The minimum atomic E-state index is -1.13. The Balaban J connectivity index is 1.47. The molecule has 152 valence electrons. The zero-order chi connectivity index (χ0) is 20.6. The molecule has 2 aromatic rings. The van der Waals surface area contributed by atoms with Gasteiger partial charge < -0.3 is 19.4 Å². The molecule has 2 heterocycles. The van der Waals surface area contributed by atoms with Gasteiger partial charge >= 0.3 is 0 Å². The first-order valence-electron chi connectivity index (χ1n) is 9.68. The van der Waals surface area contributed by atoms with Crippen molar-refractivity contribution >= 4 is 35.0 Å². The summed E-state index contributed by atoms with van der Waals surface area (Å²) in [7, 11) is 3.40. The van der Waals surface area contributed by atoms with Crippen molar-refractivity contribution in [2.75, 3.05) is 50.1 Å². The summed E-state index contributed by atoms with van der Waals surface area (Å²) >= 11 is 1.36. The largest absolute Gasteiger partial charge is 0.497 e. The Morgan fingerprint density at radius 1 is 1.03 bits per heavy atom. The van der Waals surface area contributed by atoms with Crippen LogP contribution < -0.4 is 14.5 Å². The van der Waals surface area contributed by atoms with Crippen molar-refractivity contribution in [3.8, 4) is 5.75 Å². The molecule has 2 aliphatic rings. The second kappa shape index (κ2) is 7.63. The van der Waals surface area contributed by atoms with Crippen LogP contribution in [0.2, 0.25) is 0 Å². The fourth-order valence-electron chi connectivity index (χ4n) is 3.91. The highest BCUT2D eigenvalue weighted by atomic mass is 32.2. The lowest BCUT2D eigenvalue weighted by molar-refractivity contribution is -0.138. The quantitative estimate of drug-likeness (QED) is 0.727. The molecule has 2 amide bonds. The SMILES string of the molecule is COc1ccc(N2CCN(C(=O)C3(C)Sc4ccccc4N(C)C3=O)CC2)cc1. The van der Waals surface area contributed by atoms with E-state index in [1.807, 2.05) is 53.4 Å². The molecule has 7 heteroatoms. The molecule has 1 saturated heterocycles. The number of carbonyl (C=O) groups is 2. The predicted octanol–water partition coefficient (Wildman–Crippen LogP) is 2.87. The molecule has 0 bridgehead atoms. The van der Waals surface area contributed by atoms with Gasteiger partial charge in [0.2, 0.25) is 5.91 Å². The van der Waals surface area contributed by atoms with E-state index in [4.69, 9.17) is 4.74 Å². The maximum absolute atomic E-state index is 13.4. The molecular formula is C22H25N3O3S. The van der Waals surface area contributed by atoms with E-state index in [9.17, 15) is 9.59 Å². The Labute approximate surface area is 175 Å². The molecule has 0 radical (unpaired) electrons. The number of methoxy groups -OCH3 is 1. The van der Waals surface area contributed by atoms with E-state index in [1.165, 1.54) is 11.8 Å². The number of piperazine rings is 1. The molecular weight excluding hydrogens is 386 g/mol. The Morgan fingerprint density at radius 3 is 2.34 bits per heavy atom. The van der Waals surface area contributed by atoms with Gasteiger partial charge in [0.1, 0.15) is 5.75 Å². The highest BCUT2D eigenvalue weighted by molar-refractivity contribution is 8.02. The first-order chi connectivity index (χ1) is 13.9.